The second kappa shape index (κ2) is 14.1. The van der Waals surface area contributed by atoms with Crippen molar-refractivity contribution in [1.82, 2.24) is 0 Å². The van der Waals surface area contributed by atoms with Gasteiger partial charge in [0, 0.05) is 42.7 Å². The number of hydrogen-bond acceptors (Lipinski definition) is 2. The van der Waals surface area contributed by atoms with Crippen molar-refractivity contribution in [2.24, 2.45) is 0 Å². The number of fused-ring (bicyclic) bond motifs is 8. The maximum absolute atomic E-state index is 2.49. The predicted octanol–water partition coefficient (Wildman–Crippen LogP) is 17.1. The number of benzene rings is 11. The van der Waals surface area contributed by atoms with Crippen LogP contribution in [0.25, 0.3) is 96.6 Å². The first-order valence-electron chi connectivity index (χ1n) is 20.6. The first kappa shape index (κ1) is 34.5. The van der Waals surface area contributed by atoms with E-state index in [-0.39, 0.29) is 0 Å². The van der Waals surface area contributed by atoms with Gasteiger partial charge < -0.3 is 4.90 Å². The van der Waals surface area contributed by atoms with Crippen molar-refractivity contribution in [2.75, 3.05) is 4.90 Å². The van der Waals surface area contributed by atoms with Gasteiger partial charge in [0.1, 0.15) is 0 Å². The van der Waals surface area contributed by atoms with E-state index < -0.39 is 0 Å². The molecule has 12 rings (SSSR count). The molecule has 0 spiro atoms. The fourth-order valence-electron chi connectivity index (χ4n) is 9.39. The molecule has 2 heteroatoms. The molecule has 280 valence electrons. The molecule has 0 saturated heterocycles. The van der Waals surface area contributed by atoms with Crippen LogP contribution in [0.2, 0.25) is 0 Å². The summed E-state index contributed by atoms with van der Waals surface area (Å²) < 4.78 is 2.61. The van der Waals surface area contributed by atoms with E-state index in [1.54, 1.807) is 0 Å². The van der Waals surface area contributed by atoms with Gasteiger partial charge in [-0.05, 0) is 108 Å². The maximum atomic E-state index is 2.49. The molecule has 0 aliphatic rings. The van der Waals surface area contributed by atoms with Gasteiger partial charge in [-0.1, -0.05) is 182 Å². The van der Waals surface area contributed by atoms with E-state index in [2.05, 4.69) is 229 Å². The second-order valence-electron chi connectivity index (χ2n) is 15.6. The third kappa shape index (κ3) is 5.68. The van der Waals surface area contributed by atoms with Crippen LogP contribution in [0.4, 0.5) is 17.1 Å². The quantitative estimate of drug-likeness (QED) is 0.152. The summed E-state index contributed by atoms with van der Waals surface area (Å²) in [5.41, 5.74) is 10.6. The molecule has 1 nitrogen and oxygen atoms in total. The molecule has 0 radical (unpaired) electrons. The molecule has 0 fully saturated rings. The van der Waals surface area contributed by atoms with Crippen LogP contribution in [-0.4, -0.2) is 0 Å². The molecule has 1 aromatic heterocycles. The molecule has 12 aromatic rings. The molecule has 0 aliphatic carbocycles. The Morgan fingerprint density at radius 2 is 0.917 bits per heavy atom. The normalized spacial score (nSPS) is 11.7. The van der Waals surface area contributed by atoms with Crippen molar-refractivity contribution in [3.63, 3.8) is 0 Å². The SMILES string of the molecule is c1ccc(-c2cccc3cc(N(c4ccc5ccc6ccccc6c5c4)c4cccc(-c5cccc6c5sc5ccccc56)c4-c4ccc5ccccc5c4)ccc23)cc1. The van der Waals surface area contributed by atoms with Crippen LogP contribution in [0.5, 0.6) is 0 Å². The lowest BCUT2D eigenvalue weighted by Gasteiger charge is -2.30. The Morgan fingerprint density at radius 1 is 0.300 bits per heavy atom. The summed E-state index contributed by atoms with van der Waals surface area (Å²) in [6, 6.07) is 82.8. The summed E-state index contributed by atoms with van der Waals surface area (Å²) in [5, 5.41) is 12.4. The molecule has 0 saturated carbocycles. The van der Waals surface area contributed by atoms with Gasteiger partial charge in [0.25, 0.3) is 0 Å². The highest BCUT2D eigenvalue weighted by Crippen LogP contribution is 2.50. The Labute approximate surface area is 352 Å². The fraction of sp³-hybridized carbons (Fsp3) is 0. The topological polar surface area (TPSA) is 3.24 Å². The maximum Gasteiger partial charge on any atom is 0.0546 e. The molecule has 0 amide bonds. The highest BCUT2D eigenvalue weighted by molar-refractivity contribution is 7.26. The molecular weight excluding hydrogens is 743 g/mol. The lowest BCUT2D eigenvalue weighted by molar-refractivity contribution is 1.30. The standard InChI is InChI=1S/C58H37NS/c1-2-14-39(15-3-1)47-21-10-18-43-36-45(33-34-49(43)47)59(46-32-31-41-29-28-40-16-6-7-19-48(40)54(41)37-46)55-25-12-22-51(57(55)44-30-27-38-13-4-5-17-42(38)35-44)53-24-11-23-52-50-20-8-9-26-56(50)60-58(52)53/h1-37H. The zero-order valence-electron chi connectivity index (χ0n) is 32.7. The van der Waals surface area contributed by atoms with E-state index in [0.29, 0.717) is 0 Å². The van der Waals surface area contributed by atoms with Crippen LogP contribution in [0.1, 0.15) is 0 Å². The molecule has 0 unspecified atom stereocenters. The minimum atomic E-state index is 1.10. The zero-order valence-corrected chi connectivity index (χ0v) is 33.5. The third-order valence-electron chi connectivity index (χ3n) is 12.2. The lowest BCUT2D eigenvalue weighted by atomic mass is 9.90. The average Bonchev–Trinajstić information content (AvgIpc) is 3.70. The van der Waals surface area contributed by atoms with E-state index in [0.717, 1.165) is 17.1 Å². The van der Waals surface area contributed by atoms with E-state index in [1.165, 1.54) is 96.6 Å². The van der Waals surface area contributed by atoms with Gasteiger partial charge in [-0.3, -0.25) is 0 Å². The minimum absolute atomic E-state index is 1.10. The molecule has 1 heterocycles. The molecule has 0 bridgehead atoms. The minimum Gasteiger partial charge on any atom is -0.310 e. The Kier molecular flexibility index (Phi) is 8.11. The summed E-state index contributed by atoms with van der Waals surface area (Å²) in [5.74, 6) is 0. The van der Waals surface area contributed by atoms with Crippen molar-refractivity contribution in [2.45, 2.75) is 0 Å². The number of nitrogens with zero attached hydrogens (tertiary/aromatic N) is 1. The monoisotopic (exact) mass is 779 g/mol. The molecular formula is C58H37NS. The Bertz CT molecular complexity index is 3620. The second-order valence-corrected chi connectivity index (χ2v) is 16.7. The molecule has 11 aromatic carbocycles. The summed E-state index contributed by atoms with van der Waals surface area (Å²) in [6.07, 6.45) is 0. The van der Waals surface area contributed by atoms with Crippen LogP contribution in [0.15, 0.2) is 224 Å². The van der Waals surface area contributed by atoms with E-state index in [1.807, 2.05) is 11.3 Å². The molecule has 0 atom stereocenters. The molecule has 60 heavy (non-hydrogen) atoms. The number of rotatable bonds is 6. The van der Waals surface area contributed by atoms with Gasteiger partial charge in [0.2, 0.25) is 0 Å². The van der Waals surface area contributed by atoms with E-state index >= 15 is 0 Å². The van der Waals surface area contributed by atoms with Gasteiger partial charge in [-0.2, -0.15) is 0 Å². The van der Waals surface area contributed by atoms with E-state index in [4.69, 9.17) is 0 Å². The van der Waals surface area contributed by atoms with Crippen molar-refractivity contribution in [3.8, 4) is 33.4 Å². The lowest BCUT2D eigenvalue weighted by Crippen LogP contribution is -2.12. The first-order valence-corrected chi connectivity index (χ1v) is 21.4. The summed E-state index contributed by atoms with van der Waals surface area (Å²) in [4.78, 5) is 2.49. The van der Waals surface area contributed by atoms with Crippen LogP contribution in [-0.2, 0) is 0 Å². The van der Waals surface area contributed by atoms with Gasteiger partial charge in [0.05, 0.1) is 5.69 Å². The van der Waals surface area contributed by atoms with Crippen LogP contribution >= 0.6 is 11.3 Å². The van der Waals surface area contributed by atoms with Crippen LogP contribution < -0.4 is 4.90 Å². The largest absolute Gasteiger partial charge is 0.310 e. The van der Waals surface area contributed by atoms with Crippen LogP contribution in [0.3, 0.4) is 0 Å². The zero-order chi connectivity index (χ0) is 39.6. The number of hydrogen-bond donors (Lipinski definition) is 0. The molecule has 0 N–H and O–H groups in total. The van der Waals surface area contributed by atoms with Crippen molar-refractivity contribution >= 4 is 91.7 Å². The average molecular weight is 780 g/mol. The first-order chi connectivity index (χ1) is 29.7. The number of thiophene rings is 1. The smallest absolute Gasteiger partial charge is 0.0546 e. The Hall–Kier alpha value is -7.52. The van der Waals surface area contributed by atoms with E-state index in [9.17, 15) is 0 Å². The Morgan fingerprint density at radius 3 is 1.82 bits per heavy atom. The molecule has 0 aliphatic heterocycles. The van der Waals surface area contributed by atoms with Crippen LogP contribution in [0, 0.1) is 0 Å². The Balaban J connectivity index is 1.17. The fourth-order valence-corrected chi connectivity index (χ4v) is 10.6. The van der Waals surface area contributed by atoms with Gasteiger partial charge in [0.15, 0.2) is 0 Å². The highest BCUT2D eigenvalue weighted by atomic mass is 32.1. The highest BCUT2D eigenvalue weighted by Gasteiger charge is 2.23. The van der Waals surface area contributed by atoms with Gasteiger partial charge in [-0.15, -0.1) is 11.3 Å². The summed E-state index contributed by atoms with van der Waals surface area (Å²) in [7, 11) is 0. The summed E-state index contributed by atoms with van der Waals surface area (Å²) >= 11 is 1.89. The van der Waals surface area contributed by atoms with Gasteiger partial charge in [-0.25, -0.2) is 0 Å². The van der Waals surface area contributed by atoms with Crippen molar-refractivity contribution < 1.29 is 0 Å². The third-order valence-corrected chi connectivity index (χ3v) is 13.4. The van der Waals surface area contributed by atoms with Crippen molar-refractivity contribution in [1.29, 1.82) is 0 Å². The van der Waals surface area contributed by atoms with Crippen molar-refractivity contribution in [3.05, 3.63) is 224 Å². The van der Waals surface area contributed by atoms with Gasteiger partial charge >= 0.3 is 0 Å². The number of anilines is 3. The summed E-state index contributed by atoms with van der Waals surface area (Å²) in [6.45, 7) is 0. The predicted molar refractivity (Wildman–Crippen MR) is 260 cm³/mol.